The summed E-state index contributed by atoms with van der Waals surface area (Å²) >= 11 is 0. The largest absolute Gasteiger partial charge is 0.673 e. The SMILES string of the molecule is CCCCCCCCCCCCCCCC[NH+]1CCCC(C)C1.F[B-](F)(F)F. The van der Waals surface area contributed by atoms with Crippen LogP contribution < -0.4 is 4.90 Å². The smallest absolute Gasteiger partial charge is 0.418 e. The summed E-state index contributed by atoms with van der Waals surface area (Å²) in [6.07, 6.45) is 23.6. The average Bonchev–Trinajstić information content (AvgIpc) is 2.61. The van der Waals surface area contributed by atoms with Crippen molar-refractivity contribution in [1.29, 1.82) is 0 Å². The molecule has 1 rings (SSSR count). The van der Waals surface area contributed by atoms with Gasteiger partial charge in [-0.2, -0.15) is 0 Å². The molecule has 1 fully saturated rings. The Morgan fingerprint density at radius 1 is 0.714 bits per heavy atom. The van der Waals surface area contributed by atoms with Gasteiger partial charge in [-0.1, -0.05) is 90.9 Å². The summed E-state index contributed by atoms with van der Waals surface area (Å²) in [5, 5.41) is 0. The molecule has 0 aromatic heterocycles. The molecule has 0 radical (unpaired) electrons. The van der Waals surface area contributed by atoms with E-state index in [2.05, 4.69) is 13.8 Å². The van der Waals surface area contributed by atoms with E-state index in [9.17, 15) is 17.3 Å². The molecule has 0 aromatic carbocycles. The van der Waals surface area contributed by atoms with E-state index in [0.717, 1.165) is 5.92 Å². The third-order valence-electron chi connectivity index (χ3n) is 5.75. The summed E-state index contributed by atoms with van der Waals surface area (Å²) in [4.78, 5) is 1.89. The van der Waals surface area contributed by atoms with Gasteiger partial charge in [0.05, 0.1) is 19.6 Å². The zero-order valence-corrected chi connectivity index (χ0v) is 18.6. The minimum Gasteiger partial charge on any atom is -0.418 e. The van der Waals surface area contributed by atoms with Crippen LogP contribution in [0, 0.1) is 5.92 Å². The van der Waals surface area contributed by atoms with Crippen molar-refractivity contribution in [2.24, 2.45) is 5.92 Å². The fourth-order valence-electron chi connectivity index (χ4n) is 4.19. The van der Waals surface area contributed by atoms with Gasteiger partial charge in [0, 0.05) is 5.92 Å². The van der Waals surface area contributed by atoms with E-state index in [1.165, 1.54) is 122 Å². The maximum atomic E-state index is 9.75. The van der Waals surface area contributed by atoms with Gasteiger partial charge < -0.3 is 22.2 Å². The van der Waals surface area contributed by atoms with Crippen LogP contribution in [0.25, 0.3) is 0 Å². The first-order chi connectivity index (χ1) is 13.3. The molecule has 170 valence electrons. The predicted molar refractivity (Wildman–Crippen MR) is 114 cm³/mol. The van der Waals surface area contributed by atoms with E-state index in [-0.39, 0.29) is 0 Å². The van der Waals surface area contributed by atoms with Crippen LogP contribution in [0.4, 0.5) is 17.3 Å². The quantitative estimate of drug-likeness (QED) is 0.167. The Kier molecular flexibility index (Phi) is 18.6. The van der Waals surface area contributed by atoms with Crippen molar-refractivity contribution in [2.45, 2.75) is 117 Å². The number of rotatable bonds is 15. The second kappa shape index (κ2) is 18.8. The molecule has 0 aromatic rings. The van der Waals surface area contributed by atoms with Crippen molar-refractivity contribution in [3.63, 3.8) is 0 Å². The highest BCUT2D eigenvalue weighted by molar-refractivity contribution is 6.50. The van der Waals surface area contributed by atoms with Gasteiger partial charge in [-0.3, -0.25) is 0 Å². The Balaban J connectivity index is 0.00000129. The highest BCUT2D eigenvalue weighted by Crippen LogP contribution is 2.13. The van der Waals surface area contributed by atoms with E-state index >= 15 is 0 Å². The van der Waals surface area contributed by atoms with Gasteiger partial charge in [-0.05, 0) is 25.7 Å². The summed E-state index contributed by atoms with van der Waals surface area (Å²) in [5.41, 5.74) is 0. The van der Waals surface area contributed by atoms with Crippen LogP contribution in [0.3, 0.4) is 0 Å². The topological polar surface area (TPSA) is 4.44 Å². The van der Waals surface area contributed by atoms with Gasteiger partial charge in [0.2, 0.25) is 0 Å². The molecular weight excluding hydrogens is 365 g/mol. The van der Waals surface area contributed by atoms with E-state index < -0.39 is 7.25 Å². The van der Waals surface area contributed by atoms with Gasteiger partial charge >= 0.3 is 7.25 Å². The summed E-state index contributed by atoms with van der Waals surface area (Å²) in [5.74, 6) is 0.977. The second-order valence-electron chi connectivity index (χ2n) is 8.79. The fraction of sp³-hybridized carbons (Fsp3) is 1.00. The van der Waals surface area contributed by atoms with E-state index in [4.69, 9.17) is 0 Å². The standard InChI is InChI=1S/C22H45N.BF4/c1-3-4-5-6-7-8-9-10-11-12-13-14-15-16-19-23-20-17-18-22(2)21-23;2-1(3,4)5/h22H,3-21H2,1-2H3;/q;-1/p+1. The molecule has 0 amide bonds. The van der Waals surface area contributed by atoms with E-state index in [1.54, 1.807) is 0 Å². The minimum atomic E-state index is -6.00. The molecule has 0 aliphatic carbocycles. The molecule has 2 atom stereocenters. The highest BCUT2D eigenvalue weighted by Gasteiger charge is 2.20. The average molecular weight is 411 g/mol. The van der Waals surface area contributed by atoms with E-state index in [1.807, 2.05) is 4.90 Å². The Hall–Kier alpha value is -0.255. The molecule has 0 bridgehead atoms. The molecule has 1 heterocycles. The summed E-state index contributed by atoms with van der Waals surface area (Å²) < 4.78 is 39.0. The van der Waals surface area contributed by atoms with Crippen LogP contribution >= 0.6 is 0 Å². The Labute approximate surface area is 172 Å². The molecule has 28 heavy (non-hydrogen) atoms. The molecule has 2 unspecified atom stereocenters. The van der Waals surface area contributed by atoms with Gasteiger partial charge in [0.25, 0.3) is 0 Å². The van der Waals surface area contributed by atoms with Crippen LogP contribution in [0.5, 0.6) is 0 Å². The van der Waals surface area contributed by atoms with Crippen molar-refractivity contribution in [1.82, 2.24) is 0 Å². The molecule has 1 aliphatic heterocycles. The molecule has 0 spiro atoms. The van der Waals surface area contributed by atoms with Gasteiger partial charge in [-0.25, -0.2) is 0 Å². The summed E-state index contributed by atoms with van der Waals surface area (Å²) in [7, 11) is -6.00. The number of hydrogen-bond donors (Lipinski definition) is 1. The van der Waals surface area contributed by atoms with Gasteiger partial charge in [0.15, 0.2) is 0 Å². The summed E-state index contributed by atoms with van der Waals surface area (Å²) in [6.45, 7) is 9.07. The lowest BCUT2D eigenvalue weighted by Crippen LogP contribution is -3.13. The molecule has 1 saturated heterocycles. The lowest BCUT2D eigenvalue weighted by Gasteiger charge is -2.27. The number of quaternary nitrogens is 1. The van der Waals surface area contributed by atoms with Crippen molar-refractivity contribution in [3.05, 3.63) is 0 Å². The van der Waals surface area contributed by atoms with Crippen LogP contribution in [0.1, 0.15) is 117 Å². The van der Waals surface area contributed by atoms with E-state index in [0.29, 0.717) is 0 Å². The molecule has 6 heteroatoms. The number of unbranched alkanes of at least 4 members (excludes halogenated alkanes) is 13. The summed E-state index contributed by atoms with van der Waals surface area (Å²) in [6, 6.07) is 0. The first kappa shape index (κ1) is 27.7. The maximum Gasteiger partial charge on any atom is 0.673 e. The Morgan fingerprint density at radius 3 is 1.50 bits per heavy atom. The number of piperidine rings is 1. The van der Waals surface area contributed by atoms with Crippen molar-refractivity contribution in [3.8, 4) is 0 Å². The van der Waals surface area contributed by atoms with Crippen molar-refractivity contribution in [2.75, 3.05) is 19.6 Å². The zero-order valence-electron chi connectivity index (χ0n) is 18.6. The Morgan fingerprint density at radius 2 is 1.11 bits per heavy atom. The lowest BCUT2D eigenvalue weighted by molar-refractivity contribution is -0.908. The van der Waals surface area contributed by atoms with Crippen molar-refractivity contribution >= 4 is 7.25 Å². The zero-order chi connectivity index (χ0) is 21.1. The molecule has 1 aliphatic rings. The monoisotopic (exact) mass is 411 g/mol. The molecule has 1 nitrogen and oxygen atoms in total. The second-order valence-corrected chi connectivity index (χ2v) is 8.79. The fourth-order valence-corrected chi connectivity index (χ4v) is 4.19. The third-order valence-corrected chi connectivity index (χ3v) is 5.75. The third kappa shape index (κ3) is 23.8. The number of halogens is 4. The maximum absolute atomic E-state index is 9.75. The van der Waals surface area contributed by atoms with Crippen LogP contribution in [0.2, 0.25) is 0 Å². The van der Waals surface area contributed by atoms with Gasteiger partial charge in [-0.15, -0.1) is 0 Å². The van der Waals surface area contributed by atoms with Crippen molar-refractivity contribution < 1.29 is 22.2 Å². The molecule has 1 N–H and O–H groups in total. The molecular formula is C22H46BF4N. The van der Waals surface area contributed by atoms with Crippen LogP contribution in [-0.4, -0.2) is 26.9 Å². The first-order valence-electron chi connectivity index (χ1n) is 12.0. The number of likely N-dealkylation sites (tertiary alicyclic amines) is 1. The normalized spacial score (nSPS) is 19.9. The number of hydrogen-bond acceptors (Lipinski definition) is 0. The van der Waals surface area contributed by atoms with Gasteiger partial charge in [0.1, 0.15) is 0 Å². The van der Waals surface area contributed by atoms with Crippen LogP contribution in [-0.2, 0) is 0 Å². The van der Waals surface area contributed by atoms with Crippen LogP contribution in [0.15, 0.2) is 0 Å². The number of nitrogens with one attached hydrogen (secondary N) is 1. The Bertz CT molecular complexity index is 320. The predicted octanol–water partition coefficient (Wildman–Crippen LogP) is 7.08. The molecule has 0 saturated carbocycles. The minimum absolute atomic E-state index is 0.977. The highest BCUT2D eigenvalue weighted by atomic mass is 19.5. The first-order valence-corrected chi connectivity index (χ1v) is 12.0. The lowest BCUT2D eigenvalue weighted by atomic mass is 10.00.